The molecule has 92 valence electrons. The third-order valence-electron chi connectivity index (χ3n) is 2.48. The molecule has 0 amide bonds. The molecule has 0 aliphatic heterocycles. The van der Waals surface area contributed by atoms with Crippen LogP contribution in [-0.2, 0) is 0 Å². The van der Waals surface area contributed by atoms with Crippen LogP contribution in [0.4, 0.5) is 5.69 Å². The van der Waals surface area contributed by atoms with Crippen LogP contribution in [0, 0.1) is 0 Å². The van der Waals surface area contributed by atoms with Crippen LogP contribution in [-0.4, -0.2) is 35.1 Å². The number of para-hydroxylation sites is 1. The van der Waals surface area contributed by atoms with E-state index >= 15 is 0 Å². The molecule has 0 saturated carbocycles. The lowest BCUT2D eigenvalue weighted by Gasteiger charge is -2.19. The van der Waals surface area contributed by atoms with E-state index in [1.165, 1.54) is 0 Å². The predicted octanol–water partition coefficient (Wildman–Crippen LogP) is 1.42. The highest BCUT2D eigenvalue weighted by molar-refractivity contribution is 7.78. The molecule has 0 aromatic heterocycles. The number of nitrogens with one attached hydrogen (secondary N) is 1. The number of thiocarbonyl (C=S) groups is 1. The van der Waals surface area contributed by atoms with Crippen molar-refractivity contribution in [2.75, 3.05) is 13.6 Å². The normalized spacial score (nSPS) is 13.8. The van der Waals surface area contributed by atoms with Gasteiger partial charge in [-0.1, -0.05) is 18.2 Å². The van der Waals surface area contributed by atoms with Crippen LogP contribution in [0.5, 0.6) is 0 Å². The predicted molar refractivity (Wildman–Crippen MR) is 70.6 cm³/mol. The highest BCUT2D eigenvalue weighted by Crippen LogP contribution is 2.28. The minimum Gasteiger partial charge on any atom is -0.390 e. The molecule has 0 spiro atoms. The summed E-state index contributed by atoms with van der Waals surface area (Å²) in [7, 11) is 1.80. The van der Waals surface area contributed by atoms with E-state index in [1.807, 2.05) is 0 Å². The van der Waals surface area contributed by atoms with Crippen molar-refractivity contribution in [3.05, 3.63) is 29.8 Å². The maximum absolute atomic E-state index is 10.0. The molecule has 1 aromatic rings. The van der Waals surface area contributed by atoms with Gasteiger partial charge in [-0.05, 0) is 38.3 Å². The first-order valence-electron chi connectivity index (χ1n) is 5.38. The average Bonchev–Trinajstić information content (AvgIpc) is 2.36. The largest absolute Gasteiger partial charge is 0.390 e. The zero-order valence-electron chi connectivity index (χ0n) is 9.63. The first-order chi connectivity index (χ1) is 8.20. The Labute approximate surface area is 106 Å². The van der Waals surface area contributed by atoms with Crippen molar-refractivity contribution in [2.45, 2.75) is 18.6 Å². The molecule has 0 aliphatic rings. The second-order valence-electron chi connectivity index (χ2n) is 3.67. The molecule has 4 nitrogen and oxygen atoms in total. The van der Waals surface area contributed by atoms with Gasteiger partial charge in [0.15, 0.2) is 0 Å². The fourth-order valence-corrected chi connectivity index (χ4v) is 1.64. The third-order valence-corrected chi connectivity index (χ3v) is 2.57. The molecular weight excluding hydrogens is 236 g/mol. The first kappa shape index (κ1) is 14.0. The Bertz CT molecular complexity index is 405. The van der Waals surface area contributed by atoms with Crippen LogP contribution < -0.4 is 5.32 Å². The van der Waals surface area contributed by atoms with Crippen molar-refractivity contribution in [3.8, 4) is 0 Å². The molecule has 1 rings (SSSR count). The van der Waals surface area contributed by atoms with Gasteiger partial charge in [-0.2, -0.15) is 4.99 Å². The van der Waals surface area contributed by atoms with Gasteiger partial charge in [0.2, 0.25) is 0 Å². The molecular formula is C12H16N2O2S. The fourth-order valence-electron chi connectivity index (χ4n) is 1.55. The zero-order valence-corrected chi connectivity index (χ0v) is 10.4. The first-order valence-corrected chi connectivity index (χ1v) is 5.79. The Kier molecular flexibility index (Phi) is 5.97. The zero-order chi connectivity index (χ0) is 12.7. The number of aliphatic hydroxyl groups is 2. The molecule has 0 saturated heterocycles. The number of aliphatic hydroxyl groups excluding tert-OH is 2. The lowest BCUT2D eigenvalue weighted by molar-refractivity contribution is 0.0144. The Balaban J connectivity index is 2.87. The van der Waals surface area contributed by atoms with Crippen molar-refractivity contribution in [2.24, 2.45) is 4.99 Å². The van der Waals surface area contributed by atoms with Gasteiger partial charge in [-0.3, -0.25) is 0 Å². The lowest BCUT2D eigenvalue weighted by atomic mass is 10.0. The van der Waals surface area contributed by atoms with Gasteiger partial charge in [-0.15, -0.1) is 0 Å². The fraction of sp³-hybridized carbons (Fsp3) is 0.417. The summed E-state index contributed by atoms with van der Waals surface area (Å²) in [5.74, 6) is 0. The number of isothiocyanates is 1. The monoisotopic (exact) mass is 252 g/mol. The molecule has 17 heavy (non-hydrogen) atoms. The Morgan fingerprint density at radius 2 is 2.12 bits per heavy atom. The Morgan fingerprint density at radius 3 is 2.76 bits per heavy atom. The van der Waals surface area contributed by atoms with Crippen LogP contribution in [0.3, 0.4) is 0 Å². The highest BCUT2D eigenvalue weighted by Gasteiger charge is 2.20. The quantitative estimate of drug-likeness (QED) is 0.529. The summed E-state index contributed by atoms with van der Waals surface area (Å²) >= 11 is 4.55. The van der Waals surface area contributed by atoms with Gasteiger partial charge < -0.3 is 15.5 Å². The standard InChI is InChI=1S/C12H16N2O2S/c1-13-7-6-11(15)12(16)9-4-2-3-5-10(9)14-8-17/h2-5,11-13,15-16H,6-7H2,1H3. The topological polar surface area (TPSA) is 64.8 Å². The Hall–Kier alpha value is -1.10. The van der Waals surface area contributed by atoms with E-state index < -0.39 is 12.2 Å². The Morgan fingerprint density at radius 1 is 1.41 bits per heavy atom. The minimum atomic E-state index is -0.966. The number of hydrogen-bond donors (Lipinski definition) is 3. The smallest absolute Gasteiger partial charge is 0.107 e. The van der Waals surface area contributed by atoms with Crippen LogP contribution in [0.1, 0.15) is 18.1 Å². The van der Waals surface area contributed by atoms with E-state index in [2.05, 4.69) is 27.7 Å². The number of nitrogens with zero attached hydrogens (tertiary/aromatic N) is 1. The van der Waals surface area contributed by atoms with Gasteiger partial charge in [-0.25, -0.2) is 0 Å². The highest BCUT2D eigenvalue weighted by atomic mass is 32.1. The average molecular weight is 252 g/mol. The van der Waals surface area contributed by atoms with Crippen molar-refractivity contribution >= 4 is 23.1 Å². The van der Waals surface area contributed by atoms with Crippen LogP contribution >= 0.6 is 12.2 Å². The number of rotatable bonds is 6. The maximum Gasteiger partial charge on any atom is 0.107 e. The van der Waals surface area contributed by atoms with E-state index in [-0.39, 0.29) is 0 Å². The molecule has 5 heteroatoms. The molecule has 0 fully saturated rings. The van der Waals surface area contributed by atoms with Gasteiger partial charge in [0.25, 0.3) is 0 Å². The number of aliphatic imine (C=N–C) groups is 1. The summed E-state index contributed by atoms with van der Waals surface area (Å²) in [5, 5.41) is 25.0. The van der Waals surface area contributed by atoms with Crippen LogP contribution in [0.15, 0.2) is 29.3 Å². The van der Waals surface area contributed by atoms with E-state index in [0.717, 1.165) is 0 Å². The summed E-state index contributed by atoms with van der Waals surface area (Å²) in [6, 6.07) is 7.02. The van der Waals surface area contributed by atoms with Gasteiger partial charge in [0.1, 0.15) is 6.10 Å². The molecule has 0 bridgehead atoms. The SMILES string of the molecule is CNCCC(O)C(O)c1ccccc1N=C=S. The molecule has 0 aliphatic carbocycles. The van der Waals surface area contributed by atoms with E-state index in [4.69, 9.17) is 0 Å². The molecule has 3 N–H and O–H groups in total. The van der Waals surface area contributed by atoms with Crippen LogP contribution in [0.25, 0.3) is 0 Å². The third kappa shape index (κ3) is 4.00. The summed E-state index contributed by atoms with van der Waals surface area (Å²) in [6.45, 7) is 0.636. The second kappa shape index (κ2) is 7.27. The van der Waals surface area contributed by atoms with E-state index in [1.54, 1.807) is 31.3 Å². The van der Waals surface area contributed by atoms with Crippen molar-refractivity contribution in [1.29, 1.82) is 0 Å². The summed E-state index contributed by atoms with van der Waals surface area (Å²) in [4.78, 5) is 3.87. The summed E-state index contributed by atoms with van der Waals surface area (Å²) in [5.41, 5.74) is 1.10. The molecule has 0 heterocycles. The van der Waals surface area contributed by atoms with Crippen molar-refractivity contribution < 1.29 is 10.2 Å². The van der Waals surface area contributed by atoms with Gasteiger partial charge in [0.05, 0.1) is 17.0 Å². The summed E-state index contributed by atoms with van der Waals surface area (Å²) in [6.07, 6.45) is -1.33. The molecule has 0 radical (unpaired) electrons. The number of hydrogen-bond acceptors (Lipinski definition) is 5. The molecule has 2 atom stereocenters. The van der Waals surface area contributed by atoms with Crippen molar-refractivity contribution in [1.82, 2.24) is 5.32 Å². The summed E-state index contributed by atoms with van der Waals surface area (Å²) < 4.78 is 0. The van der Waals surface area contributed by atoms with Gasteiger partial charge >= 0.3 is 0 Å². The van der Waals surface area contributed by atoms with E-state index in [0.29, 0.717) is 24.2 Å². The number of benzene rings is 1. The molecule has 2 unspecified atom stereocenters. The second-order valence-corrected chi connectivity index (χ2v) is 3.85. The maximum atomic E-state index is 10.0. The van der Waals surface area contributed by atoms with Crippen LogP contribution in [0.2, 0.25) is 0 Å². The lowest BCUT2D eigenvalue weighted by Crippen LogP contribution is -2.23. The van der Waals surface area contributed by atoms with Crippen molar-refractivity contribution in [3.63, 3.8) is 0 Å². The molecule has 1 aromatic carbocycles. The van der Waals surface area contributed by atoms with E-state index in [9.17, 15) is 10.2 Å². The van der Waals surface area contributed by atoms with Gasteiger partial charge in [0, 0.05) is 5.56 Å². The minimum absolute atomic E-state index is 0.466.